The van der Waals surface area contributed by atoms with Crippen molar-refractivity contribution in [3.8, 4) is 0 Å². The second-order valence-corrected chi connectivity index (χ2v) is 5.54. The summed E-state index contributed by atoms with van der Waals surface area (Å²) < 4.78 is 0. The SMILES string of the molecule is CCN(CC)c1cc(CCl)cc(C(C)(C)C)n1. The summed E-state index contributed by atoms with van der Waals surface area (Å²) in [5.41, 5.74) is 2.32. The van der Waals surface area contributed by atoms with Gasteiger partial charge in [0.15, 0.2) is 0 Å². The van der Waals surface area contributed by atoms with Crippen LogP contribution in [-0.4, -0.2) is 18.1 Å². The zero-order valence-corrected chi connectivity index (χ0v) is 12.3. The van der Waals surface area contributed by atoms with Crippen molar-refractivity contribution in [1.29, 1.82) is 0 Å². The van der Waals surface area contributed by atoms with Crippen molar-refractivity contribution in [1.82, 2.24) is 4.98 Å². The van der Waals surface area contributed by atoms with Gasteiger partial charge in [-0.1, -0.05) is 20.8 Å². The lowest BCUT2D eigenvalue weighted by molar-refractivity contribution is 0.567. The molecule has 0 aromatic carbocycles. The summed E-state index contributed by atoms with van der Waals surface area (Å²) in [6.07, 6.45) is 0. The average Bonchev–Trinajstić information content (AvgIpc) is 2.29. The number of hydrogen-bond donors (Lipinski definition) is 0. The summed E-state index contributed by atoms with van der Waals surface area (Å²) in [5.74, 6) is 1.58. The number of alkyl halides is 1. The van der Waals surface area contributed by atoms with E-state index < -0.39 is 0 Å². The molecule has 17 heavy (non-hydrogen) atoms. The Balaban J connectivity index is 3.22. The standard InChI is InChI=1S/C14H23ClN2/c1-6-17(7-2)13-9-11(10-15)8-12(16-13)14(3,4)5/h8-9H,6-7,10H2,1-5H3. The molecule has 1 heterocycles. The van der Waals surface area contributed by atoms with E-state index in [2.05, 4.69) is 51.7 Å². The molecule has 0 amide bonds. The van der Waals surface area contributed by atoms with E-state index in [4.69, 9.17) is 16.6 Å². The summed E-state index contributed by atoms with van der Waals surface area (Å²) in [5, 5.41) is 0. The number of nitrogens with zero attached hydrogens (tertiary/aromatic N) is 2. The lowest BCUT2D eigenvalue weighted by Crippen LogP contribution is -2.25. The van der Waals surface area contributed by atoms with E-state index in [0.29, 0.717) is 5.88 Å². The van der Waals surface area contributed by atoms with Gasteiger partial charge in [-0.2, -0.15) is 0 Å². The van der Waals surface area contributed by atoms with Gasteiger partial charge < -0.3 is 4.90 Å². The van der Waals surface area contributed by atoms with Gasteiger partial charge in [0.05, 0.1) is 0 Å². The van der Waals surface area contributed by atoms with E-state index in [1.165, 1.54) is 0 Å². The summed E-state index contributed by atoms with van der Waals surface area (Å²) >= 11 is 5.97. The molecule has 1 rings (SSSR count). The van der Waals surface area contributed by atoms with Crippen LogP contribution in [0.1, 0.15) is 45.9 Å². The first kappa shape index (κ1) is 14.3. The van der Waals surface area contributed by atoms with Gasteiger partial charge >= 0.3 is 0 Å². The van der Waals surface area contributed by atoms with E-state index in [-0.39, 0.29) is 5.41 Å². The van der Waals surface area contributed by atoms with Crippen LogP contribution < -0.4 is 4.90 Å². The van der Waals surface area contributed by atoms with Crippen LogP contribution in [0.2, 0.25) is 0 Å². The van der Waals surface area contributed by atoms with Crippen LogP contribution in [0.25, 0.3) is 0 Å². The van der Waals surface area contributed by atoms with Crippen molar-refractivity contribution in [3.63, 3.8) is 0 Å². The third-order valence-corrected chi connectivity index (χ3v) is 3.19. The third-order valence-electron chi connectivity index (χ3n) is 2.88. The smallest absolute Gasteiger partial charge is 0.129 e. The molecule has 0 aliphatic carbocycles. The van der Waals surface area contributed by atoms with Gasteiger partial charge in [0.2, 0.25) is 0 Å². The largest absolute Gasteiger partial charge is 0.357 e. The molecule has 3 heteroatoms. The highest BCUT2D eigenvalue weighted by Gasteiger charge is 2.18. The summed E-state index contributed by atoms with van der Waals surface area (Å²) in [6, 6.07) is 4.20. The fraction of sp³-hybridized carbons (Fsp3) is 0.643. The van der Waals surface area contributed by atoms with Crippen LogP contribution >= 0.6 is 11.6 Å². The van der Waals surface area contributed by atoms with Crippen molar-refractivity contribution >= 4 is 17.4 Å². The topological polar surface area (TPSA) is 16.1 Å². The number of hydrogen-bond acceptors (Lipinski definition) is 2. The van der Waals surface area contributed by atoms with Gasteiger partial charge in [-0.15, -0.1) is 11.6 Å². The lowest BCUT2D eigenvalue weighted by Gasteiger charge is -2.25. The first-order chi connectivity index (χ1) is 7.92. The van der Waals surface area contributed by atoms with Crippen molar-refractivity contribution in [2.75, 3.05) is 18.0 Å². The first-order valence-corrected chi connectivity index (χ1v) is 6.78. The van der Waals surface area contributed by atoms with E-state index in [1.54, 1.807) is 0 Å². The summed E-state index contributed by atoms with van der Waals surface area (Å²) in [6.45, 7) is 12.8. The van der Waals surface area contributed by atoms with E-state index >= 15 is 0 Å². The first-order valence-electron chi connectivity index (χ1n) is 6.24. The quantitative estimate of drug-likeness (QED) is 0.756. The Morgan fingerprint density at radius 1 is 1.18 bits per heavy atom. The van der Waals surface area contributed by atoms with Crippen molar-refractivity contribution in [3.05, 3.63) is 23.4 Å². The Bertz CT molecular complexity index is 365. The number of anilines is 1. The molecule has 0 N–H and O–H groups in total. The van der Waals surface area contributed by atoms with E-state index in [0.717, 1.165) is 30.2 Å². The highest BCUT2D eigenvalue weighted by atomic mass is 35.5. The molecule has 1 aromatic heterocycles. The Hall–Kier alpha value is -0.760. The molecule has 0 aliphatic heterocycles. The monoisotopic (exact) mass is 254 g/mol. The molecule has 0 saturated heterocycles. The zero-order chi connectivity index (χ0) is 13.1. The average molecular weight is 255 g/mol. The molecule has 96 valence electrons. The van der Waals surface area contributed by atoms with Gasteiger partial charge in [-0.05, 0) is 31.5 Å². The molecular weight excluding hydrogens is 232 g/mol. The van der Waals surface area contributed by atoms with Gasteiger partial charge in [0, 0.05) is 30.1 Å². The number of halogens is 1. The Labute approximate surface area is 110 Å². The van der Waals surface area contributed by atoms with Gasteiger partial charge in [0.25, 0.3) is 0 Å². The second-order valence-electron chi connectivity index (χ2n) is 5.27. The molecule has 1 aromatic rings. The van der Waals surface area contributed by atoms with Crippen LogP contribution in [0.5, 0.6) is 0 Å². The highest BCUT2D eigenvalue weighted by molar-refractivity contribution is 6.17. The maximum Gasteiger partial charge on any atom is 0.129 e. The molecule has 0 unspecified atom stereocenters. The molecule has 0 spiro atoms. The molecule has 2 nitrogen and oxygen atoms in total. The lowest BCUT2D eigenvalue weighted by atomic mass is 9.91. The Morgan fingerprint density at radius 3 is 2.18 bits per heavy atom. The second kappa shape index (κ2) is 5.72. The Kier molecular flexibility index (Phi) is 4.81. The number of rotatable bonds is 4. The maximum absolute atomic E-state index is 5.97. The number of aromatic nitrogens is 1. The normalized spacial score (nSPS) is 11.6. The van der Waals surface area contributed by atoms with Gasteiger partial charge in [0.1, 0.15) is 5.82 Å². The number of pyridine rings is 1. The maximum atomic E-state index is 5.97. The predicted molar refractivity (Wildman–Crippen MR) is 76.1 cm³/mol. The van der Waals surface area contributed by atoms with Crippen LogP contribution in [0.3, 0.4) is 0 Å². The van der Waals surface area contributed by atoms with Crippen LogP contribution in [-0.2, 0) is 11.3 Å². The molecule has 0 fully saturated rings. The van der Waals surface area contributed by atoms with E-state index in [9.17, 15) is 0 Å². The van der Waals surface area contributed by atoms with Crippen LogP contribution in [0.4, 0.5) is 5.82 Å². The Morgan fingerprint density at radius 2 is 1.76 bits per heavy atom. The van der Waals surface area contributed by atoms with Gasteiger partial charge in [-0.25, -0.2) is 4.98 Å². The molecule has 0 bridgehead atoms. The molecule has 0 aliphatic rings. The van der Waals surface area contributed by atoms with Gasteiger partial charge in [-0.3, -0.25) is 0 Å². The van der Waals surface area contributed by atoms with Crippen molar-refractivity contribution < 1.29 is 0 Å². The fourth-order valence-corrected chi connectivity index (χ4v) is 1.90. The minimum atomic E-state index is 0.0595. The minimum absolute atomic E-state index is 0.0595. The van der Waals surface area contributed by atoms with Crippen molar-refractivity contribution in [2.45, 2.75) is 45.9 Å². The summed E-state index contributed by atoms with van der Waals surface area (Å²) in [4.78, 5) is 7.02. The highest BCUT2D eigenvalue weighted by Crippen LogP contribution is 2.25. The molecule has 0 saturated carbocycles. The van der Waals surface area contributed by atoms with E-state index in [1.807, 2.05) is 0 Å². The van der Waals surface area contributed by atoms with Crippen LogP contribution in [0.15, 0.2) is 12.1 Å². The predicted octanol–water partition coefficient (Wildman–Crippen LogP) is 3.96. The zero-order valence-electron chi connectivity index (χ0n) is 11.5. The fourth-order valence-electron chi connectivity index (χ4n) is 1.74. The van der Waals surface area contributed by atoms with Crippen molar-refractivity contribution in [2.24, 2.45) is 0 Å². The molecule has 0 radical (unpaired) electrons. The summed E-state index contributed by atoms with van der Waals surface area (Å²) in [7, 11) is 0. The molecule has 0 atom stereocenters. The third kappa shape index (κ3) is 3.60. The molecular formula is C14H23ClN2. The minimum Gasteiger partial charge on any atom is -0.357 e. The van der Waals surface area contributed by atoms with Crippen LogP contribution in [0, 0.1) is 0 Å².